The summed E-state index contributed by atoms with van der Waals surface area (Å²) in [5.74, 6) is -0.758. The first-order valence-electron chi connectivity index (χ1n) is 11.6. The molecule has 4 atom stereocenters. The lowest BCUT2D eigenvalue weighted by molar-refractivity contribution is -0.788. The van der Waals surface area contributed by atoms with Gasteiger partial charge in [-0.2, -0.15) is 0 Å². The number of rotatable bonds is 7. The summed E-state index contributed by atoms with van der Waals surface area (Å²) in [5.41, 5.74) is 1.29. The predicted octanol–water partition coefficient (Wildman–Crippen LogP) is 6.31. The van der Waals surface area contributed by atoms with E-state index in [1.165, 1.54) is 18.2 Å². The molecule has 1 aromatic carbocycles. The van der Waals surface area contributed by atoms with Crippen LogP contribution in [0, 0.1) is 5.21 Å². The smallest absolute Gasteiger partial charge is 0.237 e. The van der Waals surface area contributed by atoms with E-state index in [2.05, 4.69) is 64.7 Å². The third-order valence-electron chi connectivity index (χ3n) is 7.06. The van der Waals surface area contributed by atoms with Crippen molar-refractivity contribution in [1.29, 1.82) is 0 Å². The minimum atomic E-state index is -2.06. The van der Waals surface area contributed by atoms with E-state index in [-0.39, 0.29) is 17.2 Å². The third kappa shape index (κ3) is 5.79. The molecule has 0 spiro atoms. The summed E-state index contributed by atoms with van der Waals surface area (Å²) >= 11 is 0. The van der Waals surface area contributed by atoms with Crippen molar-refractivity contribution >= 4 is 14.5 Å². The van der Waals surface area contributed by atoms with Gasteiger partial charge in [-0.15, -0.1) is 6.58 Å². The van der Waals surface area contributed by atoms with Crippen LogP contribution in [0.5, 0.6) is 0 Å². The summed E-state index contributed by atoms with van der Waals surface area (Å²) in [5, 5.41) is 12.6. The second-order valence-corrected chi connectivity index (χ2v) is 15.3. The Bertz CT molecular complexity index is 773. The van der Waals surface area contributed by atoms with Crippen molar-refractivity contribution in [3.8, 4) is 0 Å². The van der Waals surface area contributed by atoms with Crippen molar-refractivity contribution in [2.45, 2.75) is 101 Å². The quantitative estimate of drug-likeness (QED) is 0.280. The number of ether oxygens (including phenoxy) is 1. The molecule has 5 nitrogen and oxygen atoms in total. The monoisotopic (exact) mass is 445 g/mol. The Hall–Kier alpha value is -1.63. The molecule has 0 saturated heterocycles. The zero-order chi connectivity index (χ0) is 22.7. The molecule has 0 radical (unpaired) electrons. The number of benzene rings is 1. The summed E-state index contributed by atoms with van der Waals surface area (Å²) in [6.45, 7) is 14.9. The van der Waals surface area contributed by atoms with E-state index in [1.54, 1.807) is 6.08 Å². The molecule has 0 aromatic heterocycles. The molecule has 0 N–H and O–H groups in total. The van der Waals surface area contributed by atoms with E-state index in [0.717, 1.165) is 19.3 Å². The van der Waals surface area contributed by atoms with Crippen LogP contribution in [0.3, 0.4) is 0 Å². The maximum Gasteiger partial charge on any atom is 0.237 e. The fourth-order valence-electron chi connectivity index (χ4n) is 4.41. The van der Waals surface area contributed by atoms with Gasteiger partial charge in [0.05, 0.1) is 6.10 Å². The molecule has 6 heteroatoms. The minimum absolute atomic E-state index is 0.00359. The summed E-state index contributed by atoms with van der Waals surface area (Å²) in [6.07, 6.45) is 8.21. The lowest BCUT2D eigenvalue weighted by Crippen LogP contribution is -2.53. The van der Waals surface area contributed by atoms with Gasteiger partial charge in [-0.05, 0) is 36.5 Å². The molecule has 1 fully saturated rings. The normalized spacial score (nSPS) is 29.7. The van der Waals surface area contributed by atoms with Gasteiger partial charge in [0.1, 0.15) is 6.10 Å². The van der Waals surface area contributed by atoms with Gasteiger partial charge >= 0.3 is 0 Å². The zero-order valence-electron chi connectivity index (χ0n) is 19.8. The van der Waals surface area contributed by atoms with E-state index in [0.29, 0.717) is 23.7 Å². The van der Waals surface area contributed by atoms with Gasteiger partial charge in [-0.1, -0.05) is 70.0 Å². The first kappa shape index (κ1) is 24.0. The van der Waals surface area contributed by atoms with E-state index >= 15 is 0 Å². The molecule has 1 aromatic rings. The van der Waals surface area contributed by atoms with Crippen molar-refractivity contribution in [3.05, 3.63) is 53.8 Å². The van der Waals surface area contributed by atoms with Crippen LogP contribution in [0.15, 0.2) is 43.0 Å². The van der Waals surface area contributed by atoms with Gasteiger partial charge in [0.25, 0.3) is 0 Å². The number of hydrogen-bond acceptors (Lipinski definition) is 4. The van der Waals surface area contributed by atoms with E-state index in [4.69, 9.17) is 14.0 Å². The molecule has 0 bridgehead atoms. The first-order valence-corrected chi connectivity index (χ1v) is 14.5. The molecular weight excluding hydrogens is 406 g/mol. The molecule has 0 amide bonds. The fraction of sp³-hybridized carbons (Fsp3) is 0.640. The maximum absolute atomic E-state index is 12.6. The lowest BCUT2D eigenvalue weighted by Gasteiger charge is -2.46. The molecule has 172 valence electrons. The molecule has 2 aliphatic rings. The average Bonchev–Trinajstić information content (AvgIpc) is 2.67. The highest BCUT2D eigenvalue weighted by Crippen LogP contribution is 2.42. The third-order valence-corrected chi connectivity index (χ3v) is 11.6. The van der Waals surface area contributed by atoms with Crippen molar-refractivity contribution in [2.75, 3.05) is 0 Å². The Morgan fingerprint density at radius 2 is 1.90 bits per heavy atom. The highest BCUT2D eigenvalue weighted by molar-refractivity contribution is 6.74. The molecule has 3 rings (SSSR count). The standard InChI is InChI=1S/C25H39NO4Si/c1-7-17-25(18-21(19-26(27)30-25)29-31(5,6)24(2,3)4)28-23-16-12-11-15-22(23)20-13-9-8-10-14-20/h7-10,13-14,19,21-23H,1,11-12,15-18H2,2-6H3/t21-,22+,23-,25+/m1/s1. The van der Waals surface area contributed by atoms with E-state index in [1.807, 2.05) is 6.07 Å². The van der Waals surface area contributed by atoms with Crippen LogP contribution in [0.2, 0.25) is 18.1 Å². The zero-order valence-corrected chi connectivity index (χ0v) is 20.8. The Labute approximate surface area is 188 Å². The molecular formula is C25H39NO4Si. The SMILES string of the molecule is C=CC[C@@]1(O[C@@H]2CCCC[C@H]2c2ccccc2)C[C@@H](O[Si](C)(C)C(C)(C)C)C=[N+]([O-])O1. The summed E-state index contributed by atoms with van der Waals surface area (Å²) in [6, 6.07) is 10.5. The highest BCUT2D eigenvalue weighted by Gasteiger charge is 2.46. The second-order valence-electron chi connectivity index (χ2n) is 10.5. The van der Waals surface area contributed by atoms with Crippen molar-refractivity contribution in [1.82, 2.24) is 0 Å². The molecule has 1 saturated carbocycles. The summed E-state index contributed by atoms with van der Waals surface area (Å²) in [4.78, 5) is 6.34. The maximum atomic E-state index is 12.6. The van der Waals surface area contributed by atoms with Crippen LogP contribution in [0.25, 0.3) is 0 Å². The van der Waals surface area contributed by atoms with Gasteiger partial charge in [0.2, 0.25) is 6.21 Å². The Morgan fingerprint density at radius 3 is 2.55 bits per heavy atom. The van der Waals surface area contributed by atoms with Gasteiger partial charge in [-0.3, -0.25) is 5.21 Å². The highest BCUT2D eigenvalue weighted by atomic mass is 28.4. The van der Waals surface area contributed by atoms with Gasteiger partial charge in [-0.25, -0.2) is 0 Å². The van der Waals surface area contributed by atoms with Crippen LogP contribution in [0.1, 0.15) is 70.8 Å². The second kappa shape index (κ2) is 9.47. The predicted molar refractivity (Wildman–Crippen MR) is 128 cm³/mol. The van der Waals surface area contributed by atoms with Gasteiger partial charge in [0, 0.05) is 23.7 Å². The summed E-state index contributed by atoms with van der Waals surface area (Å²) < 4.78 is 13.3. The van der Waals surface area contributed by atoms with Crippen molar-refractivity contribution < 1.29 is 18.9 Å². The fourth-order valence-corrected chi connectivity index (χ4v) is 5.66. The van der Waals surface area contributed by atoms with E-state index in [9.17, 15) is 5.21 Å². The summed E-state index contributed by atoms with van der Waals surface area (Å²) in [7, 11) is -2.06. The number of hydrogen-bond donors (Lipinski definition) is 0. The largest absolute Gasteiger partial charge is 0.404 e. The molecule has 0 unspecified atom stereocenters. The molecule has 1 aliphatic carbocycles. The minimum Gasteiger partial charge on any atom is -0.404 e. The van der Waals surface area contributed by atoms with E-state index < -0.39 is 14.1 Å². The molecule has 1 heterocycles. The Balaban J connectivity index is 1.83. The Morgan fingerprint density at radius 1 is 1.23 bits per heavy atom. The first-order chi connectivity index (χ1) is 14.6. The van der Waals surface area contributed by atoms with Crippen LogP contribution in [0.4, 0.5) is 0 Å². The Kier molecular flexibility index (Phi) is 7.34. The van der Waals surface area contributed by atoms with Gasteiger partial charge in [0.15, 0.2) is 14.1 Å². The number of nitrogens with zero attached hydrogens (tertiary/aromatic N) is 1. The van der Waals surface area contributed by atoms with Crippen LogP contribution >= 0.6 is 0 Å². The van der Waals surface area contributed by atoms with Crippen molar-refractivity contribution in [2.24, 2.45) is 0 Å². The molecule has 1 aliphatic heterocycles. The van der Waals surface area contributed by atoms with Gasteiger partial charge < -0.3 is 14.0 Å². The van der Waals surface area contributed by atoms with Crippen LogP contribution in [-0.2, 0) is 14.0 Å². The topological polar surface area (TPSA) is 53.8 Å². The van der Waals surface area contributed by atoms with Crippen LogP contribution in [-0.4, -0.2) is 37.4 Å². The van der Waals surface area contributed by atoms with Crippen LogP contribution < -0.4 is 0 Å². The average molecular weight is 446 g/mol. The van der Waals surface area contributed by atoms with Crippen molar-refractivity contribution in [3.63, 3.8) is 0 Å². The lowest BCUT2D eigenvalue weighted by atomic mass is 9.81. The molecule has 31 heavy (non-hydrogen) atoms.